The maximum Gasteiger partial charge on any atom is 0.223 e. The third kappa shape index (κ3) is 3.67. The standard InChI is InChI=1S/C19H22FNO3/c1-13-10-11-21(12-17(13)22)19(23)9-7-14-6-8-18(24-14)15-4-2-3-5-16(15)20/h2-6,8,13,17,22H,7,9-12H2,1H3. The summed E-state index contributed by atoms with van der Waals surface area (Å²) in [7, 11) is 0. The first-order valence-corrected chi connectivity index (χ1v) is 8.34. The normalized spacial score (nSPS) is 21.0. The molecular formula is C19H22FNO3. The van der Waals surface area contributed by atoms with E-state index in [9.17, 15) is 14.3 Å². The number of furan rings is 1. The van der Waals surface area contributed by atoms with Gasteiger partial charge in [0.2, 0.25) is 5.91 Å². The zero-order valence-corrected chi connectivity index (χ0v) is 13.7. The van der Waals surface area contributed by atoms with Crippen LogP contribution in [0.25, 0.3) is 11.3 Å². The molecule has 1 aromatic heterocycles. The SMILES string of the molecule is CC1CCN(C(=O)CCc2ccc(-c3ccccc3F)o2)CC1O. The van der Waals surface area contributed by atoms with Gasteiger partial charge in [0.05, 0.1) is 11.7 Å². The van der Waals surface area contributed by atoms with Crippen molar-refractivity contribution in [2.75, 3.05) is 13.1 Å². The number of hydrogen-bond donors (Lipinski definition) is 1. The van der Waals surface area contributed by atoms with E-state index >= 15 is 0 Å². The smallest absolute Gasteiger partial charge is 0.223 e. The number of amides is 1. The van der Waals surface area contributed by atoms with Gasteiger partial charge < -0.3 is 14.4 Å². The Kier molecular flexibility index (Phi) is 5.00. The summed E-state index contributed by atoms with van der Waals surface area (Å²) < 4.78 is 19.4. The minimum atomic E-state index is -0.445. The highest BCUT2D eigenvalue weighted by atomic mass is 19.1. The second kappa shape index (κ2) is 7.18. The fourth-order valence-corrected chi connectivity index (χ4v) is 2.98. The molecular weight excluding hydrogens is 309 g/mol. The Morgan fingerprint density at radius 2 is 2.12 bits per heavy atom. The van der Waals surface area contributed by atoms with Crippen molar-refractivity contribution in [1.82, 2.24) is 4.90 Å². The molecule has 1 fully saturated rings. The monoisotopic (exact) mass is 331 g/mol. The topological polar surface area (TPSA) is 53.7 Å². The zero-order chi connectivity index (χ0) is 17.1. The average molecular weight is 331 g/mol. The van der Waals surface area contributed by atoms with Gasteiger partial charge in [-0.1, -0.05) is 19.1 Å². The number of nitrogens with zero attached hydrogens (tertiary/aromatic N) is 1. The van der Waals surface area contributed by atoms with Crippen LogP contribution in [0.2, 0.25) is 0 Å². The highest BCUT2D eigenvalue weighted by molar-refractivity contribution is 5.76. The van der Waals surface area contributed by atoms with Crippen LogP contribution < -0.4 is 0 Å². The fourth-order valence-electron chi connectivity index (χ4n) is 2.98. The number of aliphatic hydroxyl groups excluding tert-OH is 1. The number of hydrogen-bond acceptors (Lipinski definition) is 3. The minimum Gasteiger partial charge on any atom is -0.461 e. The third-order valence-corrected chi connectivity index (χ3v) is 4.66. The van der Waals surface area contributed by atoms with Gasteiger partial charge in [0, 0.05) is 25.9 Å². The van der Waals surface area contributed by atoms with E-state index in [-0.39, 0.29) is 17.6 Å². The summed E-state index contributed by atoms with van der Waals surface area (Å²) in [6.45, 7) is 3.09. The van der Waals surface area contributed by atoms with Crippen molar-refractivity contribution < 1.29 is 18.7 Å². The second-order valence-electron chi connectivity index (χ2n) is 6.42. The number of benzene rings is 1. The van der Waals surface area contributed by atoms with Gasteiger partial charge in [0.1, 0.15) is 17.3 Å². The van der Waals surface area contributed by atoms with Crippen molar-refractivity contribution in [3.63, 3.8) is 0 Å². The van der Waals surface area contributed by atoms with E-state index in [0.717, 1.165) is 6.42 Å². The zero-order valence-electron chi connectivity index (χ0n) is 13.7. The van der Waals surface area contributed by atoms with Crippen molar-refractivity contribution in [3.8, 4) is 11.3 Å². The van der Waals surface area contributed by atoms with Crippen LogP contribution in [0.4, 0.5) is 4.39 Å². The van der Waals surface area contributed by atoms with Crippen molar-refractivity contribution >= 4 is 5.91 Å². The maximum atomic E-state index is 13.8. The van der Waals surface area contributed by atoms with Crippen LogP contribution in [-0.2, 0) is 11.2 Å². The molecule has 2 atom stereocenters. The molecule has 24 heavy (non-hydrogen) atoms. The van der Waals surface area contributed by atoms with Crippen molar-refractivity contribution in [3.05, 3.63) is 48.0 Å². The van der Waals surface area contributed by atoms with Crippen LogP contribution in [-0.4, -0.2) is 35.1 Å². The molecule has 128 valence electrons. The lowest BCUT2D eigenvalue weighted by Gasteiger charge is -2.34. The lowest BCUT2D eigenvalue weighted by molar-refractivity contribution is -0.135. The Balaban J connectivity index is 1.58. The number of aryl methyl sites for hydroxylation is 1. The Morgan fingerprint density at radius 1 is 1.33 bits per heavy atom. The molecule has 2 heterocycles. The number of likely N-dealkylation sites (tertiary alicyclic amines) is 1. The van der Waals surface area contributed by atoms with Crippen molar-refractivity contribution in [1.29, 1.82) is 0 Å². The predicted molar refractivity (Wildman–Crippen MR) is 88.8 cm³/mol. The Bertz CT molecular complexity index is 712. The average Bonchev–Trinajstić information content (AvgIpc) is 3.04. The van der Waals surface area contributed by atoms with E-state index in [2.05, 4.69) is 0 Å². The van der Waals surface area contributed by atoms with Gasteiger partial charge in [0.15, 0.2) is 0 Å². The molecule has 2 unspecified atom stereocenters. The van der Waals surface area contributed by atoms with Gasteiger partial charge in [-0.15, -0.1) is 0 Å². The summed E-state index contributed by atoms with van der Waals surface area (Å²) in [6.07, 6.45) is 1.17. The van der Waals surface area contributed by atoms with Crippen LogP contribution in [0.1, 0.15) is 25.5 Å². The molecule has 0 aliphatic carbocycles. The quantitative estimate of drug-likeness (QED) is 0.936. The second-order valence-corrected chi connectivity index (χ2v) is 6.42. The first-order valence-electron chi connectivity index (χ1n) is 8.34. The molecule has 5 heteroatoms. The first-order chi connectivity index (χ1) is 11.5. The summed E-state index contributed by atoms with van der Waals surface area (Å²) in [5, 5.41) is 9.89. The summed E-state index contributed by atoms with van der Waals surface area (Å²) in [5.74, 6) is 1.06. The van der Waals surface area contributed by atoms with Crippen molar-refractivity contribution in [2.24, 2.45) is 5.92 Å². The lowest BCUT2D eigenvalue weighted by atomic mass is 9.96. The highest BCUT2D eigenvalue weighted by Crippen LogP contribution is 2.25. The number of piperidine rings is 1. The molecule has 1 aliphatic rings. The first kappa shape index (κ1) is 16.7. The van der Waals surface area contributed by atoms with Crippen molar-refractivity contribution in [2.45, 2.75) is 32.3 Å². The molecule has 1 aliphatic heterocycles. The van der Waals surface area contributed by atoms with E-state index in [0.29, 0.717) is 43.0 Å². The number of β-amino-alcohol motifs (C(OH)–C–C–N with tert-alkyl or cyclic N) is 1. The molecule has 1 amide bonds. The van der Waals surface area contributed by atoms with Gasteiger partial charge in [-0.2, -0.15) is 0 Å². The van der Waals surface area contributed by atoms with Gasteiger partial charge in [-0.05, 0) is 36.6 Å². The van der Waals surface area contributed by atoms with Gasteiger partial charge in [-0.3, -0.25) is 4.79 Å². The molecule has 2 aromatic rings. The largest absolute Gasteiger partial charge is 0.461 e. The van der Waals surface area contributed by atoms with Crippen LogP contribution in [0, 0.1) is 11.7 Å². The van der Waals surface area contributed by atoms with Gasteiger partial charge in [-0.25, -0.2) is 4.39 Å². The van der Waals surface area contributed by atoms with E-state index in [1.807, 2.05) is 6.92 Å². The van der Waals surface area contributed by atoms with E-state index in [4.69, 9.17) is 4.42 Å². The molecule has 0 radical (unpaired) electrons. The fraction of sp³-hybridized carbons (Fsp3) is 0.421. The Morgan fingerprint density at radius 3 is 2.88 bits per heavy atom. The summed E-state index contributed by atoms with van der Waals surface area (Å²) in [4.78, 5) is 14.0. The third-order valence-electron chi connectivity index (χ3n) is 4.66. The molecule has 3 rings (SSSR count). The van der Waals surface area contributed by atoms with Crippen LogP contribution in [0.15, 0.2) is 40.8 Å². The van der Waals surface area contributed by atoms with E-state index in [1.165, 1.54) is 6.07 Å². The molecule has 1 aromatic carbocycles. The molecule has 1 N–H and O–H groups in total. The maximum absolute atomic E-state index is 13.8. The highest BCUT2D eigenvalue weighted by Gasteiger charge is 2.27. The summed E-state index contributed by atoms with van der Waals surface area (Å²) in [6, 6.07) is 9.96. The van der Waals surface area contributed by atoms with E-state index < -0.39 is 6.10 Å². The molecule has 0 saturated carbocycles. The number of carbonyl (C=O) groups excluding carboxylic acids is 1. The molecule has 1 saturated heterocycles. The van der Waals surface area contributed by atoms with Crippen LogP contribution >= 0.6 is 0 Å². The van der Waals surface area contributed by atoms with E-state index in [1.54, 1.807) is 35.2 Å². The van der Waals surface area contributed by atoms with Gasteiger partial charge >= 0.3 is 0 Å². The number of carbonyl (C=O) groups is 1. The Labute approximate surface area is 140 Å². The number of halogens is 1. The minimum absolute atomic E-state index is 0.0183. The number of rotatable bonds is 4. The molecule has 0 bridgehead atoms. The van der Waals surface area contributed by atoms with Crippen LogP contribution in [0.3, 0.4) is 0 Å². The Hall–Kier alpha value is -2.14. The van der Waals surface area contributed by atoms with Crippen LogP contribution in [0.5, 0.6) is 0 Å². The summed E-state index contributed by atoms with van der Waals surface area (Å²) >= 11 is 0. The number of aliphatic hydroxyl groups is 1. The predicted octanol–water partition coefficient (Wildman–Crippen LogP) is 3.25. The molecule has 4 nitrogen and oxygen atoms in total. The summed E-state index contributed by atoms with van der Waals surface area (Å²) in [5.41, 5.74) is 0.420. The lowest BCUT2D eigenvalue weighted by Crippen LogP contribution is -2.45. The molecule has 0 spiro atoms. The van der Waals surface area contributed by atoms with Gasteiger partial charge in [0.25, 0.3) is 0 Å².